The Hall–Kier alpha value is -4.43. The van der Waals surface area contributed by atoms with Gasteiger partial charge >= 0.3 is 0 Å². The topological polar surface area (TPSA) is 99.7 Å². The highest BCUT2D eigenvalue weighted by molar-refractivity contribution is 7.16. The third-order valence-electron chi connectivity index (χ3n) is 6.57. The first-order valence-corrected chi connectivity index (χ1v) is 13.3. The van der Waals surface area contributed by atoms with Gasteiger partial charge in [-0.2, -0.15) is 10.4 Å². The molecule has 0 bridgehead atoms. The number of thiazole rings is 1. The molecule has 38 heavy (non-hydrogen) atoms. The number of aryl methyl sites for hydroxylation is 1. The molecule has 5 aromatic rings. The second-order valence-electron chi connectivity index (χ2n) is 8.85. The van der Waals surface area contributed by atoms with Crippen molar-refractivity contribution < 1.29 is 4.39 Å². The van der Waals surface area contributed by atoms with Crippen molar-refractivity contribution in [2.24, 2.45) is 0 Å². The monoisotopic (exact) mass is 525 g/mol. The Morgan fingerprint density at radius 2 is 1.79 bits per heavy atom. The lowest BCUT2D eigenvalue weighted by Gasteiger charge is -2.30. The highest BCUT2D eigenvalue weighted by Crippen LogP contribution is 2.38. The van der Waals surface area contributed by atoms with E-state index >= 15 is 0 Å². The van der Waals surface area contributed by atoms with Gasteiger partial charge in [-0.3, -0.25) is 0 Å². The number of aromatic nitrogens is 6. The van der Waals surface area contributed by atoms with E-state index in [-0.39, 0.29) is 5.82 Å². The molecule has 1 aliphatic heterocycles. The van der Waals surface area contributed by atoms with Crippen molar-refractivity contribution in [3.8, 4) is 28.6 Å². The van der Waals surface area contributed by atoms with Crippen LogP contribution in [0.1, 0.15) is 25.1 Å². The Morgan fingerprint density at radius 3 is 2.42 bits per heavy atom. The molecule has 5 heterocycles. The summed E-state index contributed by atoms with van der Waals surface area (Å²) in [6.45, 7) is 7.25. The van der Waals surface area contributed by atoms with Crippen molar-refractivity contribution in [2.75, 3.05) is 29.4 Å². The van der Waals surface area contributed by atoms with Gasteiger partial charge in [-0.25, -0.2) is 29.0 Å². The van der Waals surface area contributed by atoms with Gasteiger partial charge in [0.15, 0.2) is 10.9 Å². The first-order chi connectivity index (χ1) is 18.6. The smallest absolute Gasteiger partial charge is 0.225 e. The third kappa shape index (κ3) is 4.13. The summed E-state index contributed by atoms with van der Waals surface area (Å²) < 4.78 is 15.4. The highest BCUT2D eigenvalue weighted by Gasteiger charge is 2.24. The van der Waals surface area contributed by atoms with Crippen molar-refractivity contribution in [2.45, 2.75) is 26.8 Å². The molecular weight excluding hydrogens is 501 g/mol. The van der Waals surface area contributed by atoms with E-state index in [0.29, 0.717) is 34.4 Å². The summed E-state index contributed by atoms with van der Waals surface area (Å²) in [5.74, 6) is 1.21. The standard InChI is InChI=1S/C27H24FN9S/c1-3-36(27-33-23(22(14-29)38-27)17-6-8-19(28)9-7-17)25-24-21(34-37(25)4-2)11-10-20(32-24)18-15-30-26(31-16-18)35-12-5-13-35/h6-11,15-16H,3-5,12-13H2,1-2H3. The van der Waals surface area contributed by atoms with E-state index in [4.69, 9.17) is 15.1 Å². The van der Waals surface area contributed by atoms with Gasteiger partial charge in [0.05, 0.1) is 5.69 Å². The van der Waals surface area contributed by atoms with Crippen LogP contribution in [0.15, 0.2) is 48.8 Å². The number of rotatable bonds is 7. The second kappa shape index (κ2) is 9.79. The van der Waals surface area contributed by atoms with Crippen LogP contribution in [0.25, 0.3) is 33.5 Å². The molecule has 0 atom stereocenters. The molecule has 0 N–H and O–H groups in total. The summed E-state index contributed by atoms with van der Waals surface area (Å²) in [6, 6.07) is 12.2. The van der Waals surface area contributed by atoms with Crippen LogP contribution in [-0.2, 0) is 6.54 Å². The normalized spacial score (nSPS) is 12.9. The average Bonchev–Trinajstić information content (AvgIpc) is 3.51. The Morgan fingerprint density at radius 1 is 1.03 bits per heavy atom. The van der Waals surface area contributed by atoms with Crippen LogP contribution in [-0.4, -0.2) is 49.4 Å². The largest absolute Gasteiger partial charge is 0.341 e. The van der Waals surface area contributed by atoms with Crippen molar-refractivity contribution in [1.29, 1.82) is 5.26 Å². The fourth-order valence-corrected chi connectivity index (χ4v) is 5.41. The molecule has 190 valence electrons. The first-order valence-electron chi connectivity index (χ1n) is 12.5. The van der Waals surface area contributed by atoms with E-state index in [2.05, 4.69) is 20.9 Å². The van der Waals surface area contributed by atoms with E-state index in [1.807, 2.05) is 48.0 Å². The van der Waals surface area contributed by atoms with E-state index in [0.717, 1.165) is 47.1 Å². The molecule has 1 fully saturated rings. The third-order valence-corrected chi connectivity index (χ3v) is 7.55. The van der Waals surface area contributed by atoms with Gasteiger partial charge in [-0.05, 0) is 56.7 Å². The van der Waals surface area contributed by atoms with Crippen LogP contribution in [0.5, 0.6) is 0 Å². The molecule has 0 aliphatic carbocycles. The number of benzene rings is 1. The van der Waals surface area contributed by atoms with Crippen molar-refractivity contribution >= 4 is 39.3 Å². The van der Waals surface area contributed by atoms with E-state index in [1.54, 1.807) is 12.1 Å². The highest BCUT2D eigenvalue weighted by atomic mass is 32.1. The van der Waals surface area contributed by atoms with Crippen LogP contribution in [0.2, 0.25) is 0 Å². The van der Waals surface area contributed by atoms with Gasteiger partial charge in [0, 0.05) is 49.7 Å². The molecular formula is C27H24FN9S. The Balaban J connectivity index is 1.43. The summed E-state index contributed by atoms with van der Waals surface area (Å²) in [5, 5.41) is 15.2. The van der Waals surface area contributed by atoms with Crippen LogP contribution >= 0.6 is 11.3 Å². The zero-order valence-corrected chi connectivity index (χ0v) is 21.8. The molecule has 4 aromatic heterocycles. The molecule has 0 saturated carbocycles. The lowest BCUT2D eigenvalue weighted by Crippen LogP contribution is -2.38. The molecule has 1 saturated heterocycles. The zero-order valence-electron chi connectivity index (χ0n) is 21.0. The van der Waals surface area contributed by atoms with Gasteiger partial charge in [-0.15, -0.1) is 0 Å². The molecule has 11 heteroatoms. The number of anilines is 3. The van der Waals surface area contributed by atoms with Gasteiger partial charge in [0.25, 0.3) is 0 Å². The lowest BCUT2D eigenvalue weighted by molar-refractivity contribution is 0.600. The maximum Gasteiger partial charge on any atom is 0.225 e. The predicted octanol–water partition coefficient (Wildman–Crippen LogP) is 5.41. The maximum absolute atomic E-state index is 13.5. The SMILES string of the molecule is CCN(c1nc(-c2ccc(F)cc2)c(C#N)s1)c1c2nc(-c3cnc(N4CCC4)nc3)ccc2nn1CC. The van der Waals surface area contributed by atoms with E-state index in [1.165, 1.54) is 29.9 Å². The first kappa shape index (κ1) is 23.9. The molecule has 9 nitrogen and oxygen atoms in total. The summed E-state index contributed by atoms with van der Waals surface area (Å²) in [5.41, 5.74) is 4.30. The molecule has 0 radical (unpaired) electrons. The second-order valence-corrected chi connectivity index (χ2v) is 9.83. The Kier molecular flexibility index (Phi) is 6.17. The quantitative estimate of drug-likeness (QED) is 0.278. The van der Waals surface area contributed by atoms with Crippen molar-refractivity contribution in [3.05, 3.63) is 59.5 Å². The molecule has 0 unspecified atom stereocenters. The van der Waals surface area contributed by atoms with Crippen molar-refractivity contribution in [3.63, 3.8) is 0 Å². The molecule has 1 aromatic carbocycles. The lowest BCUT2D eigenvalue weighted by atomic mass is 10.1. The van der Waals surface area contributed by atoms with Gasteiger partial charge in [0.2, 0.25) is 5.95 Å². The summed E-state index contributed by atoms with van der Waals surface area (Å²) in [6.07, 6.45) is 4.79. The maximum atomic E-state index is 13.5. The van der Waals surface area contributed by atoms with Crippen LogP contribution in [0, 0.1) is 17.1 Å². The average molecular weight is 526 g/mol. The number of fused-ring (bicyclic) bond motifs is 1. The molecule has 6 rings (SSSR count). The van der Waals surface area contributed by atoms with Gasteiger partial charge in [0.1, 0.15) is 33.5 Å². The number of pyridine rings is 1. The fourth-order valence-electron chi connectivity index (χ4n) is 4.46. The van der Waals surface area contributed by atoms with Crippen LogP contribution < -0.4 is 9.80 Å². The van der Waals surface area contributed by atoms with Gasteiger partial charge < -0.3 is 9.80 Å². The molecule has 1 aliphatic rings. The summed E-state index contributed by atoms with van der Waals surface area (Å²) in [7, 11) is 0. The van der Waals surface area contributed by atoms with Crippen molar-refractivity contribution in [1.82, 2.24) is 29.7 Å². The Bertz CT molecular complexity index is 1650. The minimum absolute atomic E-state index is 0.335. The summed E-state index contributed by atoms with van der Waals surface area (Å²) in [4.78, 5) is 23.5. The minimum Gasteiger partial charge on any atom is -0.341 e. The summed E-state index contributed by atoms with van der Waals surface area (Å²) >= 11 is 1.30. The Labute approximate surface area is 222 Å². The number of hydrogen-bond donors (Lipinski definition) is 0. The number of nitriles is 1. The number of halogens is 1. The van der Waals surface area contributed by atoms with E-state index in [9.17, 15) is 9.65 Å². The molecule has 0 spiro atoms. The van der Waals surface area contributed by atoms with Crippen LogP contribution in [0.3, 0.4) is 0 Å². The van der Waals surface area contributed by atoms with Crippen LogP contribution in [0.4, 0.5) is 21.3 Å². The molecule has 0 amide bonds. The minimum atomic E-state index is -0.335. The predicted molar refractivity (Wildman–Crippen MR) is 146 cm³/mol. The number of nitrogens with zero attached hydrogens (tertiary/aromatic N) is 9. The van der Waals surface area contributed by atoms with E-state index < -0.39 is 0 Å². The van der Waals surface area contributed by atoms with Gasteiger partial charge in [-0.1, -0.05) is 11.3 Å². The number of hydrogen-bond acceptors (Lipinski definition) is 9. The zero-order chi connectivity index (χ0) is 26.2. The fraction of sp³-hybridized carbons (Fsp3) is 0.259.